The van der Waals surface area contributed by atoms with Crippen LogP contribution in [0.5, 0.6) is 0 Å². The van der Waals surface area contributed by atoms with Crippen molar-refractivity contribution < 1.29 is 19.2 Å². The summed E-state index contributed by atoms with van der Waals surface area (Å²) in [6.45, 7) is 20.6. The number of hydrogen-bond acceptors (Lipinski definition) is 6. The smallest absolute Gasteiger partial charge is 0.246 e. The zero-order valence-corrected chi connectivity index (χ0v) is 27.9. The molecular weight excluding hydrogens is 544 g/mol. The third-order valence-corrected chi connectivity index (χ3v) is 9.43. The van der Waals surface area contributed by atoms with E-state index >= 15 is 0 Å². The summed E-state index contributed by atoms with van der Waals surface area (Å²) in [4.78, 5) is 51.2. The predicted octanol–water partition coefficient (Wildman–Crippen LogP) is 5.24. The first-order valence-electron chi connectivity index (χ1n) is 14.8. The van der Waals surface area contributed by atoms with Crippen LogP contribution in [0.3, 0.4) is 0 Å². The number of hydrogen-bond donors (Lipinski definition) is 4. The highest BCUT2D eigenvalue weighted by Gasteiger charge is 2.45. The van der Waals surface area contributed by atoms with E-state index in [-0.39, 0.29) is 35.6 Å². The molecule has 4 amide bonds. The fourth-order valence-electron chi connectivity index (χ4n) is 4.53. The molecule has 0 aromatic heterocycles. The normalized spacial score (nSPS) is 14.9. The highest BCUT2D eigenvalue weighted by Crippen LogP contribution is 2.41. The lowest BCUT2D eigenvalue weighted by atomic mass is 9.67. The lowest BCUT2D eigenvalue weighted by molar-refractivity contribution is -0.139. The van der Waals surface area contributed by atoms with Gasteiger partial charge >= 0.3 is 0 Å². The Hall–Kier alpha value is -1.68. The summed E-state index contributed by atoms with van der Waals surface area (Å²) in [5.74, 6) is 0.751. The van der Waals surface area contributed by atoms with Gasteiger partial charge in [0.25, 0.3) is 0 Å². The van der Waals surface area contributed by atoms with Crippen LogP contribution in [0, 0.1) is 16.7 Å². The molecule has 232 valence electrons. The van der Waals surface area contributed by atoms with E-state index in [0.717, 1.165) is 37.2 Å². The monoisotopic (exact) mass is 600 g/mol. The van der Waals surface area contributed by atoms with E-state index in [2.05, 4.69) is 34.8 Å². The highest BCUT2D eigenvalue weighted by atomic mass is 33.1. The first-order chi connectivity index (χ1) is 18.7. The molecule has 4 N–H and O–H groups in total. The molecule has 0 rings (SSSR count). The van der Waals surface area contributed by atoms with Gasteiger partial charge in [0.05, 0.1) is 0 Å². The molecule has 0 aromatic rings. The van der Waals surface area contributed by atoms with Crippen molar-refractivity contribution in [3.05, 3.63) is 12.2 Å². The van der Waals surface area contributed by atoms with Crippen LogP contribution in [0.1, 0.15) is 100 Å². The lowest BCUT2D eigenvalue weighted by Gasteiger charge is -2.38. The summed E-state index contributed by atoms with van der Waals surface area (Å²) >= 11 is 0. The Morgan fingerprint density at radius 1 is 0.800 bits per heavy atom. The van der Waals surface area contributed by atoms with Crippen LogP contribution in [0.25, 0.3) is 0 Å². The van der Waals surface area contributed by atoms with E-state index in [0.29, 0.717) is 44.5 Å². The van der Waals surface area contributed by atoms with Gasteiger partial charge in [0, 0.05) is 59.5 Å². The summed E-state index contributed by atoms with van der Waals surface area (Å²) in [7, 11) is 3.28. The quantitative estimate of drug-likeness (QED) is 0.0768. The largest absolute Gasteiger partial charge is 0.356 e. The third-order valence-electron chi connectivity index (χ3n) is 7.02. The molecule has 0 bridgehead atoms. The van der Waals surface area contributed by atoms with Gasteiger partial charge in [-0.05, 0) is 46.5 Å². The zero-order chi connectivity index (χ0) is 30.8. The minimum Gasteiger partial charge on any atom is -0.356 e. The second-order valence-corrected chi connectivity index (χ2v) is 14.4. The molecule has 0 heterocycles. The Labute approximate surface area is 251 Å². The topological polar surface area (TPSA) is 116 Å². The molecule has 40 heavy (non-hydrogen) atoms. The Morgan fingerprint density at radius 3 is 1.88 bits per heavy atom. The molecule has 3 atom stereocenters. The fourth-order valence-corrected chi connectivity index (χ4v) is 6.34. The number of unbranched alkanes of at least 4 members (excludes halogenated alkanes) is 3. The van der Waals surface area contributed by atoms with Crippen molar-refractivity contribution in [2.45, 2.75) is 106 Å². The summed E-state index contributed by atoms with van der Waals surface area (Å²) in [6, 6.07) is 0.0198. The van der Waals surface area contributed by atoms with Gasteiger partial charge in [-0.1, -0.05) is 82.0 Å². The van der Waals surface area contributed by atoms with Gasteiger partial charge in [-0.2, -0.15) is 0 Å². The summed E-state index contributed by atoms with van der Waals surface area (Å²) < 4.78 is 0. The van der Waals surface area contributed by atoms with Crippen LogP contribution in [0.4, 0.5) is 0 Å². The van der Waals surface area contributed by atoms with E-state index in [4.69, 9.17) is 0 Å². The molecule has 0 aliphatic rings. The van der Waals surface area contributed by atoms with E-state index in [1.54, 1.807) is 28.5 Å². The maximum Gasteiger partial charge on any atom is 0.246 e. The fraction of sp³-hybridized carbons (Fsp3) is 0.800. The van der Waals surface area contributed by atoms with Crippen LogP contribution in [-0.2, 0) is 19.2 Å². The molecule has 8 nitrogen and oxygen atoms in total. The maximum absolute atomic E-state index is 13.5. The van der Waals surface area contributed by atoms with Gasteiger partial charge in [-0.3, -0.25) is 19.2 Å². The summed E-state index contributed by atoms with van der Waals surface area (Å²) in [6.07, 6.45) is 5.54. The molecule has 0 aliphatic carbocycles. The van der Waals surface area contributed by atoms with Gasteiger partial charge in [0.2, 0.25) is 23.6 Å². The molecule has 0 spiro atoms. The second-order valence-electron chi connectivity index (χ2n) is 11.7. The summed E-state index contributed by atoms with van der Waals surface area (Å²) in [5, 5.41) is 11.9. The van der Waals surface area contributed by atoms with Crippen LogP contribution in [0.15, 0.2) is 12.2 Å². The molecule has 10 heteroatoms. The number of carbonyl (C=O) groups excluding carboxylic acids is 4. The maximum atomic E-state index is 13.5. The highest BCUT2D eigenvalue weighted by molar-refractivity contribution is 8.76. The minimum atomic E-state index is -0.876. The van der Waals surface area contributed by atoms with E-state index in [9.17, 15) is 19.2 Å². The SMILES string of the molecule is C=C(C)C(=O)NCCSSCCNC(=O)C(C)(CC)CC(C)(CC(C)C(=O)NC(C)C)C(=O)NCCCCCC. The van der Waals surface area contributed by atoms with Crippen LogP contribution >= 0.6 is 21.6 Å². The Bertz CT molecular complexity index is 824. The Kier molecular flexibility index (Phi) is 19.4. The van der Waals surface area contributed by atoms with Crippen molar-refractivity contribution >= 4 is 45.2 Å². The minimum absolute atomic E-state index is 0.0198. The number of amides is 4. The molecule has 3 unspecified atom stereocenters. The molecule has 0 radical (unpaired) electrons. The van der Waals surface area contributed by atoms with Gasteiger partial charge in [-0.25, -0.2) is 0 Å². The molecule has 0 fully saturated rings. The summed E-state index contributed by atoms with van der Waals surface area (Å²) in [5.41, 5.74) is -1.14. The molecule has 0 saturated carbocycles. The van der Waals surface area contributed by atoms with Crippen molar-refractivity contribution in [1.29, 1.82) is 0 Å². The van der Waals surface area contributed by atoms with E-state index in [1.165, 1.54) is 0 Å². The average molecular weight is 601 g/mol. The van der Waals surface area contributed by atoms with Gasteiger partial charge in [0.15, 0.2) is 0 Å². The third kappa shape index (κ3) is 15.4. The number of rotatable bonds is 22. The molecule has 0 aromatic carbocycles. The molecular formula is C30H56N4O4S2. The van der Waals surface area contributed by atoms with Crippen LogP contribution in [-0.4, -0.2) is 60.8 Å². The van der Waals surface area contributed by atoms with Crippen LogP contribution < -0.4 is 21.3 Å². The van der Waals surface area contributed by atoms with Crippen molar-refractivity contribution in [1.82, 2.24) is 21.3 Å². The Balaban J connectivity index is 5.18. The van der Waals surface area contributed by atoms with Gasteiger partial charge < -0.3 is 21.3 Å². The standard InChI is InChI=1S/C30H56N4O4S2/c1-10-12-13-14-15-32-28(38)30(9,20-24(7)26(36)34-23(5)6)21-29(8,11-2)27(37)33-17-19-40-39-18-16-31-25(35)22(3)4/h23-24H,3,10-21H2,1-2,4-9H3,(H,31,35)(H,32,38)(H,33,37)(H,34,36). The lowest BCUT2D eigenvalue weighted by Crippen LogP contribution is -2.49. The second kappa shape index (κ2) is 20.2. The number of carbonyl (C=O) groups is 4. The van der Waals surface area contributed by atoms with Crippen molar-refractivity contribution in [3.8, 4) is 0 Å². The zero-order valence-electron chi connectivity index (χ0n) is 26.3. The van der Waals surface area contributed by atoms with Gasteiger partial charge in [0.1, 0.15) is 0 Å². The first kappa shape index (κ1) is 38.3. The van der Waals surface area contributed by atoms with E-state index in [1.807, 2.05) is 41.5 Å². The molecule has 0 saturated heterocycles. The Morgan fingerprint density at radius 2 is 1.35 bits per heavy atom. The average Bonchev–Trinajstić information content (AvgIpc) is 2.88. The van der Waals surface area contributed by atoms with Crippen LogP contribution in [0.2, 0.25) is 0 Å². The van der Waals surface area contributed by atoms with Crippen molar-refractivity contribution in [2.24, 2.45) is 16.7 Å². The first-order valence-corrected chi connectivity index (χ1v) is 17.3. The number of nitrogens with one attached hydrogen (secondary N) is 4. The van der Waals surface area contributed by atoms with Crippen molar-refractivity contribution in [2.75, 3.05) is 31.1 Å². The molecule has 0 aliphatic heterocycles. The van der Waals surface area contributed by atoms with Gasteiger partial charge in [-0.15, -0.1) is 0 Å². The van der Waals surface area contributed by atoms with E-state index < -0.39 is 10.8 Å². The predicted molar refractivity (Wildman–Crippen MR) is 171 cm³/mol. The van der Waals surface area contributed by atoms with Crippen molar-refractivity contribution in [3.63, 3.8) is 0 Å².